The number of hydrogen-bond acceptors (Lipinski definition) is 7. The van der Waals surface area contributed by atoms with Crippen LogP contribution in [0.1, 0.15) is 49.8 Å². The highest BCUT2D eigenvalue weighted by molar-refractivity contribution is 6.01. The first-order valence-electron chi connectivity index (χ1n) is 12.9. The summed E-state index contributed by atoms with van der Waals surface area (Å²) < 4.78 is 17.0. The molecule has 1 atom stereocenters. The summed E-state index contributed by atoms with van der Waals surface area (Å²) in [5.74, 6) is 2.68. The number of fused-ring (bicyclic) bond motifs is 2. The predicted octanol–water partition coefficient (Wildman–Crippen LogP) is 5.25. The van der Waals surface area contributed by atoms with Crippen LogP contribution in [0.4, 0.5) is 11.4 Å². The topological polar surface area (TPSA) is 93.0 Å². The Labute approximate surface area is 221 Å². The number of benzene rings is 2. The minimum absolute atomic E-state index is 0.0428. The van der Waals surface area contributed by atoms with E-state index in [0.717, 1.165) is 34.8 Å². The zero-order valence-corrected chi connectivity index (χ0v) is 21.8. The summed E-state index contributed by atoms with van der Waals surface area (Å²) in [7, 11) is 0. The molecule has 8 nitrogen and oxygen atoms in total. The summed E-state index contributed by atoms with van der Waals surface area (Å²) >= 11 is 0. The maximum atomic E-state index is 13.7. The molecule has 38 heavy (non-hydrogen) atoms. The second-order valence-electron chi connectivity index (χ2n) is 10.9. The number of aryl methyl sites for hydroxylation is 1. The molecule has 3 aliphatic rings. The van der Waals surface area contributed by atoms with E-state index in [2.05, 4.69) is 24.5 Å². The van der Waals surface area contributed by atoms with Gasteiger partial charge in [-0.15, -0.1) is 0 Å². The molecule has 0 fully saturated rings. The predicted molar refractivity (Wildman–Crippen MR) is 143 cm³/mol. The molecule has 196 valence electrons. The highest BCUT2D eigenvalue weighted by Crippen LogP contribution is 2.48. The first kappa shape index (κ1) is 24.2. The molecular weight excluding hydrogens is 482 g/mol. The lowest BCUT2D eigenvalue weighted by atomic mass is 9.74. The molecule has 0 saturated carbocycles. The molecule has 0 saturated heterocycles. The summed E-state index contributed by atoms with van der Waals surface area (Å²) in [6, 6.07) is 16.8. The molecule has 1 amide bonds. The lowest BCUT2D eigenvalue weighted by Gasteiger charge is -2.36. The fourth-order valence-electron chi connectivity index (χ4n) is 5.59. The van der Waals surface area contributed by atoms with Gasteiger partial charge < -0.3 is 29.4 Å². The quantitative estimate of drug-likeness (QED) is 0.481. The smallest absolute Gasteiger partial charge is 0.239 e. The van der Waals surface area contributed by atoms with Crippen LogP contribution >= 0.6 is 0 Å². The number of para-hydroxylation sites is 2. The number of ketones is 1. The largest absolute Gasteiger partial charge is 0.464 e. The van der Waals surface area contributed by atoms with Crippen molar-refractivity contribution in [3.05, 3.63) is 83.0 Å². The molecule has 2 aliphatic heterocycles. The third-order valence-corrected chi connectivity index (χ3v) is 7.28. The molecule has 6 rings (SSSR count). The van der Waals surface area contributed by atoms with Crippen molar-refractivity contribution >= 4 is 23.1 Å². The third kappa shape index (κ3) is 4.51. The van der Waals surface area contributed by atoms with Crippen molar-refractivity contribution < 1.29 is 23.5 Å². The number of rotatable bonds is 5. The molecule has 2 aromatic carbocycles. The van der Waals surface area contributed by atoms with Crippen LogP contribution in [-0.2, 0) is 16.1 Å². The van der Waals surface area contributed by atoms with Crippen LogP contribution in [0.15, 0.2) is 70.3 Å². The molecular formula is C30H31N3O5. The Morgan fingerprint density at radius 3 is 2.71 bits per heavy atom. The minimum atomic E-state index is -0.533. The highest BCUT2D eigenvalue weighted by Gasteiger charge is 2.43. The van der Waals surface area contributed by atoms with E-state index in [4.69, 9.17) is 13.9 Å². The molecule has 1 aromatic heterocycles. The Kier molecular flexibility index (Phi) is 5.90. The van der Waals surface area contributed by atoms with Crippen LogP contribution in [-0.4, -0.2) is 25.0 Å². The number of carbonyl (C=O) groups is 2. The number of carbonyl (C=O) groups excluding carboxylic acids is 2. The van der Waals surface area contributed by atoms with Crippen LogP contribution in [0.25, 0.3) is 0 Å². The third-order valence-electron chi connectivity index (χ3n) is 7.28. The van der Waals surface area contributed by atoms with Gasteiger partial charge in [-0.2, -0.15) is 0 Å². The van der Waals surface area contributed by atoms with Gasteiger partial charge in [0.15, 0.2) is 17.3 Å². The highest BCUT2D eigenvalue weighted by atomic mass is 16.7. The number of amides is 1. The van der Waals surface area contributed by atoms with Crippen LogP contribution in [0, 0.1) is 12.3 Å². The average molecular weight is 514 g/mol. The lowest BCUT2D eigenvalue weighted by molar-refractivity contribution is -0.121. The van der Waals surface area contributed by atoms with E-state index in [9.17, 15) is 9.59 Å². The number of hydrogen-bond donors (Lipinski definition) is 2. The van der Waals surface area contributed by atoms with Gasteiger partial charge in [0.1, 0.15) is 17.6 Å². The molecule has 0 bridgehead atoms. The van der Waals surface area contributed by atoms with Gasteiger partial charge in [0.05, 0.1) is 17.9 Å². The molecule has 1 aliphatic carbocycles. The second-order valence-corrected chi connectivity index (χ2v) is 10.9. The standard InChI is InChI=1S/C30H31N3O5/c1-18-8-10-25(38-18)29-28-21(13-30(2,3)14-23(28)34)32-20-6-4-5-7-22(20)33(29)16-27(35)31-15-19-9-11-24-26(12-19)37-17-36-24/h4-12,29,32H,13-17H2,1-3H3,(H,31,35). The molecule has 3 heterocycles. The zero-order chi connectivity index (χ0) is 26.4. The summed E-state index contributed by atoms with van der Waals surface area (Å²) in [5, 5.41) is 6.59. The molecule has 3 aromatic rings. The summed E-state index contributed by atoms with van der Waals surface area (Å²) in [4.78, 5) is 29.1. The Morgan fingerprint density at radius 2 is 1.89 bits per heavy atom. The Hall–Kier alpha value is -4.20. The second kappa shape index (κ2) is 9.28. The number of ether oxygens (including phenoxy) is 2. The van der Waals surface area contributed by atoms with E-state index < -0.39 is 6.04 Å². The van der Waals surface area contributed by atoms with Crippen LogP contribution in [0.5, 0.6) is 11.5 Å². The lowest BCUT2D eigenvalue weighted by Crippen LogP contribution is -2.41. The number of nitrogens with one attached hydrogen (secondary N) is 2. The van der Waals surface area contributed by atoms with E-state index in [-0.39, 0.29) is 30.4 Å². The fraction of sp³-hybridized carbons (Fsp3) is 0.333. The van der Waals surface area contributed by atoms with E-state index in [1.165, 1.54) is 0 Å². The van der Waals surface area contributed by atoms with E-state index in [1.54, 1.807) is 0 Å². The maximum Gasteiger partial charge on any atom is 0.239 e. The van der Waals surface area contributed by atoms with Gasteiger partial charge >= 0.3 is 0 Å². The molecule has 2 N–H and O–H groups in total. The number of Topliss-reactive ketones (excluding diaryl/α,β-unsaturated/α-hetero) is 1. The van der Waals surface area contributed by atoms with Gasteiger partial charge in [0.25, 0.3) is 0 Å². The van der Waals surface area contributed by atoms with Gasteiger partial charge in [-0.05, 0) is 60.7 Å². The van der Waals surface area contributed by atoms with Crippen molar-refractivity contribution in [3.8, 4) is 11.5 Å². The van der Waals surface area contributed by atoms with Crippen molar-refractivity contribution in [1.29, 1.82) is 0 Å². The number of nitrogens with zero attached hydrogens (tertiary/aromatic N) is 1. The van der Waals surface area contributed by atoms with E-state index in [0.29, 0.717) is 35.8 Å². The number of furan rings is 1. The van der Waals surface area contributed by atoms with E-state index >= 15 is 0 Å². The van der Waals surface area contributed by atoms with Gasteiger partial charge in [0, 0.05) is 24.2 Å². The fourth-order valence-corrected chi connectivity index (χ4v) is 5.59. The number of anilines is 2. The van der Waals surface area contributed by atoms with Crippen LogP contribution in [0.3, 0.4) is 0 Å². The maximum absolute atomic E-state index is 13.7. The Morgan fingerprint density at radius 1 is 1.08 bits per heavy atom. The first-order chi connectivity index (χ1) is 18.3. The average Bonchev–Trinajstić information content (AvgIpc) is 3.49. The SMILES string of the molecule is Cc1ccc(C2C3=C(CC(C)(C)CC3=O)Nc3ccccc3N2CC(=O)NCc2ccc3c(c2)OCO3)o1. The van der Waals surface area contributed by atoms with Crippen molar-refractivity contribution in [2.75, 3.05) is 23.6 Å². The van der Waals surface area contributed by atoms with Gasteiger partial charge in [-0.3, -0.25) is 9.59 Å². The van der Waals surface area contributed by atoms with Crippen LogP contribution in [0.2, 0.25) is 0 Å². The summed E-state index contributed by atoms with van der Waals surface area (Å²) in [6.45, 7) is 6.70. The summed E-state index contributed by atoms with van der Waals surface area (Å²) in [6.07, 6.45) is 1.16. The molecule has 1 unspecified atom stereocenters. The molecule has 0 radical (unpaired) electrons. The van der Waals surface area contributed by atoms with Crippen molar-refractivity contribution in [1.82, 2.24) is 5.32 Å². The summed E-state index contributed by atoms with van der Waals surface area (Å²) in [5.41, 5.74) is 4.00. The van der Waals surface area contributed by atoms with Gasteiger partial charge in [-0.1, -0.05) is 32.0 Å². The normalized spacial score (nSPS) is 19.4. The van der Waals surface area contributed by atoms with Gasteiger partial charge in [-0.25, -0.2) is 0 Å². The first-order valence-corrected chi connectivity index (χ1v) is 12.9. The zero-order valence-electron chi connectivity index (χ0n) is 21.8. The Bertz CT molecular complexity index is 1450. The molecule has 8 heteroatoms. The van der Waals surface area contributed by atoms with Crippen LogP contribution < -0.4 is 25.0 Å². The number of allylic oxidation sites excluding steroid dienone is 1. The Balaban J connectivity index is 1.35. The van der Waals surface area contributed by atoms with Crippen molar-refractivity contribution in [3.63, 3.8) is 0 Å². The van der Waals surface area contributed by atoms with Gasteiger partial charge in [0.2, 0.25) is 12.7 Å². The van der Waals surface area contributed by atoms with E-state index in [1.807, 2.05) is 66.4 Å². The molecule has 0 spiro atoms. The van der Waals surface area contributed by atoms with Crippen molar-refractivity contribution in [2.45, 2.75) is 46.2 Å². The minimum Gasteiger partial charge on any atom is -0.464 e. The monoisotopic (exact) mass is 513 g/mol. The van der Waals surface area contributed by atoms with Crippen molar-refractivity contribution in [2.24, 2.45) is 5.41 Å².